The molecule has 3 heterocycles. The molecular formula is C21H14ClF6N5O5S2. The van der Waals surface area contributed by atoms with E-state index in [4.69, 9.17) is 16.7 Å². The van der Waals surface area contributed by atoms with Gasteiger partial charge in [-0.2, -0.15) is 36.2 Å². The van der Waals surface area contributed by atoms with Crippen molar-refractivity contribution in [2.75, 3.05) is 11.9 Å². The van der Waals surface area contributed by atoms with Crippen molar-refractivity contribution in [1.82, 2.24) is 19.3 Å². The average Bonchev–Trinajstić information content (AvgIpc) is 3.46. The van der Waals surface area contributed by atoms with E-state index in [2.05, 4.69) is 15.4 Å². The maximum absolute atomic E-state index is 13.8. The second-order valence-corrected chi connectivity index (χ2v) is 11.5. The smallest absolute Gasteiger partial charge is 0.392 e. The van der Waals surface area contributed by atoms with Gasteiger partial charge >= 0.3 is 12.4 Å². The van der Waals surface area contributed by atoms with Crippen LogP contribution in [0.1, 0.15) is 21.6 Å². The van der Waals surface area contributed by atoms with Gasteiger partial charge in [0.25, 0.3) is 15.9 Å². The minimum atomic E-state index is -5.01. The number of aromatic nitrogens is 3. The quantitative estimate of drug-likeness (QED) is 0.179. The van der Waals surface area contributed by atoms with Gasteiger partial charge in [0.15, 0.2) is 11.3 Å². The fourth-order valence-corrected chi connectivity index (χ4v) is 6.05. The molecule has 0 aliphatic heterocycles. The number of thiophene rings is 1. The number of fused-ring (bicyclic) bond motifs is 1. The molecule has 10 nitrogen and oxygen atoms in total. The largest absolute Gasteiger partial charge is 0.433 e. The van der Waals surface area contributed by atoms with Crippen LogP contribution in [-0.4, -0.2) is 52.0 Å². The predicted octanol–water partition coefficient (Wildman–Crippen LogP) is 3.99. The van der Waals surface area contributed by atoms with Crippen molar-refractivity contribution in [2.24, 2.45) is 0 Å². The van der Waals surface area contributed by atoms with E-state index in [0.29, 0.717) is 34.1 Å². The summed E-state index contributed by atoms with van der Waals surface area (Å²) in [5, 5.41) is 24.0. The average molecular weight is 630 g/mol. The number of sulfonamides is 1. The number of amides is 1. The Morgan fingerprint density at radius 1 is 1.10 bits per heavy atom. The lowest BCUT2D eigenvalue weighted by molar-refractivity contribution is -0.142. The van der Waals surface area contributed by atoms with Crippen molar-refractivity contribution in [3.8, 4) is 11.3 Å². The molecule has 3 aromatic heterocycles. The van der Waals surface area contributed by atoms with Crippen LogP contribution >= 0.6 is 22.9 Å². The molecule has 214 valence electrons. The van der Waals surface area contributed by atoms with Crippen molar-refractivity contribution in [2.45, 2.75) is 22.8 Å². The highest BCUT2D eigenvalue weighted by atomic mass is 35.5. The zero-order valence-electron chi connectivity index (χ0n) is 19.2. The molecular weight excluding hydrogens is 616 g/mol. The van der Waals surface area contributed by atoms with Gasteiger partial charge in [0.1, 0.15) is 20.3 Å². The minimum absolute atomic E-state index is 0.109. The molecule has 4 N–H and O–H groups in total. The normalized spacial score (nSPS) is 13.5. The maximum atomic E-state index is 13.8. The topological polar surface area (TPSA) is 146 Å². The van der Waals surface area contributed by atoms with Gasteiger partial charge in [0, 0.05) is 5.56 Å². The molecule has 0 saturated carbocycles. The number of carbonyl (C=O) groups is 1. The molecule has 40 heavy (non-hydrogen) atoms. The lowest BCUT2D eigenvalue weighted by Gasteiger charge is -2.12. The van der Waals surface area contributed by atoms with Crippen LogP contribution in [0, 0.1) is 0 Å². The highest BCUT2D eigenvalue weighted by Gasteiger charge is 2.36. The molecule has 1 unspecified atom stereocenters. The van der Waals surface area contributed by atoms with Crippen LogP contribution < -0.4 is 10.0 Å². The number of hydrogen-bond acceptors (Lipinski definition) is 8. The Morgan fingerprint density at radius 3 is 2.33 bits per heavy atom. The van der Waals surface area contributed by atoms with Gasteiger partial charge in [-0.25, -0.2) is 17.9 Å². The molecule has 1 aromatic carbocycles. The monoisotopic (exact) mass is 629 g/mol. The Kier molecular flexibility index (Phi) is 7.87. The van der Waals surface area contributed by atoms with Crippen molar-refractivity contribution >= 4 is 50.2 Å². The van der Waals surface area contributed by atoms with Gasteiger partial charge in [-0.1, -0.05) is 23.7 Å². The third-order valence-electron chi connectivity index (χ3n) is 5.16. The van der Waals surface area contributed by atoms with Crippen LogP contribution in [0.25, 0.3) is 16.9 Å². The molecule has 1 atom stereocenters. The summed E-state index contributed by atoms with van der Waals surface area (Å²) >= 11 is 6.48. The summed E-state index contributed by atoms with van der Waals surface area (Å²) in [5.41, 5.74) is -4.28. The summed E-state index contributed by atoms with van der Waals surface area (Å²) in [5.74, 6) is -1.09. The number of nitrogens with zero attached hydrogens (tertiary/aromatic N) is 3. The van der Waals surface area contributed by atoms with Crippen molar-refractivity contribution < 1.29 is 49.8 Å². The lowest BCUT2D eigenvalue weighted by Crippen LogP contribution is -2.36. The SMILES string of the molecule is O=C(Nc1cc(S(=O)(=O)NC(O)CO)sc1Cl)c1cnn2c(C(F)(F)F)cc(-c3ccc(C(F)(F)F)cc3)nc12. The van der Waals surface area contributed by atoms with E-state index in [1.165, 1.54) is 0 Å². The number of alkyl halides is 6. The Balaban J connectivity index is 1.73. The van der Waals surface area contributed by atoms with Crippen LogP contribution in [0.3, 0.4) is 0 Å². The molecule has 1 amide bonds. The van der Waals surface area contributed by atoms with E-state index in [9.17, 15) is 44.7 Å². The molecule has 0 saturated heterocycles. The number of hydrogen-bond donors (Lipinski definition) is 4. The minimum Gasteiger partial charge on any atom is -0.392 e. The molecule has 4 aromatic rings. The van der Waals surface area contributed by atoms with Gasteiger partial charge in [-0.05, 0) is 24.3 Å². The summed E-state index contributed by atoms with van der Waals surface area (Å²) in [6.07, 6.45) is -10.7. The number of anilines is 1. The fraction of sp³-hybridized carbons (Fsp3) is 0.190. The van der Waals surface area contributed by atoms with Crippen LogP contribution in [0.2, 0.25) is 4.34 Å². The lowest BCUT2D eigenvalue weighted by atomic mass is 10.1. The molecule has 0 aliphatic carbocycles. The second-order valence-electron chi connectivity index (χ2n) is 7.92. The molecule has 0 aliphatic rings. The van der Waals surface area contributed by atoms with E-state index in [-0.39, 0.29) is 15.6 Å². The molecule has 19 heteroatoms. The van der Waals surface area contributed by atoms with Crippen LogP contribution in [0.4, 0.5) is 32.0 Å². The Labute approximate surface area is 228 Å². The Hall–Kier alpha value is -3.29. The van der Waals surface area contributed by atoms with Crippen molar-refractivity contribution in [1.29, 1.82) is 0 Å². The first-order valence-electron chi connectivity index (χ1n) is 10.6. The first-order chi connectivity index (χ1) is 18.5. The third kappa shape index (κ3) is 6.06. The number of halogens is 7. The predicted molar refractivity (Wildman–Crippen MR) is 129 cm³/mol. The van der Waals surface area contributed by atoms with Crippen molar-refractivity contribution in [3.05, 3.63) is 63.8 Å². The summed E-state index contributed by atoms with van der Waals surface area (Å²) in [6.45, 7) is -0.933. The van der Waals surface area contributed by atoms with Gasteiger partial charge in [-0.3, -0.25) is 4.79 Å². The maximum Gasteiger partial charge on any atom is 0.433 e. The van der Waals surface area contributed by atoms with Gasteiger partial charge in [-0.15, -0.1) is 11.3 Å². The summed E-state index contributed by atoms with van der Waals surface area (Å²) in [6, 6.07) is 4.64. The highest BCUT2D eigenvalue weighted by Crippen LogP contribution is 2.37. The van der Waals surface area contributed by atoms with E-state index in [1.54, 1.807) is 4.72 Å². The number of nitrogens with one attached hydrogen (secondary N) is 2. The standard InChI is InChI=1S/C21H14ClF6N5O5S2/c22-17-13(6-16(39-17)40(37,38)32-15(35)8-34)31-19(36)11-7-29-33-14(21(26,27)28)5-12(30-18(11)33)9-1-3-10(4-2-9)20(23,24)25/h1-7,15,32,34-35H,8H2,(H,31,36). The molecule has 4 rings (SSSR count). The van der Waals surface area contributed by atoms with Gasteiger partial charge in [0.2, 0.25) is 0 Å². The summed E-state index contributed by atoms with van der Waals surface area (Å²) in [7, 11) is -4.37. The van der Waals surface area contributed by atoms with Crippen LogP contribution in [-0.2, 0) is 22.4 Å². The first-order valence-corrected chi connectivity index (χ1v) is 13.2. The third-order valence-corrected chi connectivity index (χ3v) is 8.45. The molecule has 0 bridgehead atoms. The fourth-order valence-electron chi connectivity index (χ4n) is 3.33. The van der Waals surface area contributed by atoms with Crippen LogP contribution in [0.5, 0.6) is 0 Å². The molecule has 0 spiro atoms. The number of aliphatic hydroxyl groups is 2. The zero-order valence-corrected chi connectivity index (χ0v) is 21.6. The Bertz CT molecular complexity index is 1690. The van der Waals surface area contributed by atoms with E-state index < -0.39 is 73.5 Å². The van der Waals surface area contributed by atoms with E-state index in [0.717, 1.165) is 24.4 Å². The number of aliphatic hydroxyl groups excluding tert-OH is 2. The highest BCUT2D eigenvalue weighted by molar-refractivity contribution is 7.91. The van der Waals surface area contributed by atoms with Gasteiger partial charge in [0.05, 0.1) is 29.7 Å². The van der Waals surface area contributed by atoms with E-state index >= 15 is 0 Å². The number of benzene rings is 1. The van der Waals surface area contributed by atoms with Crippen LogP contribution in [0.15, 0.2) is 46.8 Å². The zero-order chi connectivity index (χ0) is 29.6. The second kappa shape index (κ2) is 10.6. The van der Waals surface area contributed by atoms with Gasteiger partial charge < -0.3 is 15.5 Å². The summed E-state index contributed by atoms with van der Waals surface area (Å²) < 4.78 is 106. The van der Waals surface area contributed by atoms with Crippen molar-refractivity contribution in [3.63, 3.8) is 0 Å². The van der Waals surface area contributed by atoms with E-state index in [1.807, 2.05) is 0 Å². The Morgan fingerprint density at radius 2 is 1.75 bits per heavy atom. The number of rotatable bonds is 7. The summed E-state index contributed by atoms with van der Waals surface area (Å²) in [4.78, 5) is 17.0. The number of carbonyl (C=O) groups excluding carboxylic acids is 1. The molecule has 0 radical (unpaired) electrons. The molecule has 0 fully saturated rings. The first kappa shape index (κ1) is 29.7.